The van der Waals surface area contributed by atoms with Crippen LogP contribution in [0.4, 0.5) is 32.2 Å². The minimum atomic E-state index is -5.08. The highest BCUT2D eigenvalue weighted by atomic mass is 19.4. The molecule has 0 unspecified atom stereocenters. The van der Waals surface area contributed by atoms with E-state index in [0.29, 0.717) is 6.04 Å². The third kappa shape index (κ3) is 10.2. The summed E-state index contributed by atoms with van der Waals surface area (Å²) in [5.41, 5.74) is 1.34. The van der Waals surface area contributed by atoms with Crippen molar-refractivity contribution >= 4 is 17.8 Å². The van der Waals surface area contributed by atoms with Crippen molar-refractivity contribution in [3.8, 4) is 0 Å². The van der Waals surface area contributed by atoms with Gasteiger partial charge in [-0.1, -0.05) is 6.07 Å². The van der Waals surface area contributed by atoms with E-state index in [0.717, 1.165) is 64.6 Å². The molecule has 0 aliphatic carbocycles. The zero-order chi connectivity index (χ0) is 28.3. The van der Waals surface area contributed by atoms with Crippen LogP contribution in [0.3, 0.4) is 0 Å². The lowest BCUT2D eigenvalue weighted by molar-refractivity contribution is -0.193. The molecular weight excluding hydrogens is 528 g/mol. The highest BCUT2D eigenvalue weighted by Crippen LogP contribution is 2.26. The van der Waals surface area contributed by atoms with Gasteiger partial charge in [0.2, 0.25) is 0 Å². The van der Waals surface area contributed by atoms with Gasteiger partial charge in [-0.3, -0.25) is 9.58 Å². The second-order valence-corrected chi connectivity index (χ2v) is 8.16. The molecule has 0 spiro atoms. The molecule has 4 heterocycles. The number of pyridine rings is 1. The van der Waals surface area contributed by atoms with E-state index < -0.39 is 24.3 Å². The van der Waals surface area contributed by atoms with Crippen LogP contribution in [-0.4, -0.2) is 93.1 Å². The summed E-state index contributed by atoms with van der Waals surface area (Å²) >= 11 is 0. The van der Waals surface area contributed by atoms with E-state index in [4.69, 9.17) is 24.5 Å². The van der Waals surface area contributed by atoms with Gasteiger partial charge in [0.05, 0.1) is 6.54 Å². The molecule has 0 radical (unpaired) electrons. The lowest BCUT2D eigenvalue weighted by atomic mass is 10.1. The Bertz CT molecular complexity index is 989. The summed E-state index contributed by atoms with van der Waals surface area (Å²) < 4.78 is 71.0. The molecule has 1 saturated heterocycles. The first-order chi connectivity index (χ1) is 17.8. The summed E-state index contributed by atoms with van der Waals surface area (Å²) in [6, 6.07) is 6.89. The number of carboxylic acid groups (broad SMARTS) is 2. The highest BCUT2D eigenvalue weighted by Gasteiger charge is 2.38. The van der Waals surface area contributed by atoms with Crippen molar-refractivity contribution in [3.05, 3.63) is 42.4 Å². The van der Waals surface area contributed by atoms with Crippen LogP contribution in [0.2, 0.25) is 0 Å². The number of hydrogen-bond acceptors (Lipinski definition) is 7. The van der Waals surface area contributed by atoms with Gasteiger partial charge in [0, 0.05) is 69.6 Å². The van der Waals surface area contributed by atoms with Crippen molar-refractivity contribution < 1.29 is 50.9 Å². The first kappa shape index (κ1) is 30.8. The number of ether oxygens (including phenoxy) is 1. The number of nitrogens with zero attached hydrogens (tertiary/aromatic N) is 5. The number of halogens is 6. The maximum atomic E-state index is 10.6. The highest BCUT2D eigenvalue weighted by molar-refractivity contribution is 5.73. The van der Waals surface area contributed by atoms with Crippen molar-refractivity contribution in [2.24, 2.45) is 0 Å². The fourth-order valence-corrected chi connectivity index (χ4v) is 3.73. The largest absolute Gasteiger partial charge is 0.490 e. The van der Waals surface area contributed by atoms with Gasteiger partial charge in [-0.25, -0.2) is 14.6 Å². The first-order valence-electron chi connectivity index (χ1n) is 11.4. The molecule has 0 amide bonds. The lowest BCUT2D eigenvalue weighted by Crippen LogP contribution is -2.41. The second kappa shape index (κ2) is 13.9. The van der Waals surface area contributed by atoms with Crippen molar-refractivity contribution in [1.29, 1.82) is 0 Å². The molecule has 1 fully saturated rings. The van der Waals surface area contributed by atoms with E-state index in [1.165, 1.54) is 5.56 Å². The zero-order valence-corrected chi connectivity index (χ0v) is 20.0. The van der Waals surface area contributed by atoms with Gasteiger partial charge in [0.1, 0.15) is 5.82 Å². The number of carboxylic acids is 2. The Labute approximate surface area is 213 Å². The van der Waals surface area contributed by atoms with Crippen molar-refractivity contribution in [2.45, 2.75) is 44.3 Å². The van der Waals surface area contributed by atoms with E-state index in [9.17, 15) is 26.3 Å². The molecule has 38 heavy (non-hydrogen) atoms. The zero-order valence-electron chi connectivity index (χ0n) is 20.0. The van der Waals surface area contributed by atoms with Crippen molar-refractivity contribution in [3.63, 3.8) is 0 Å². The minimum absolute atomic E-state index is 0.637. The Kier molecular flexibility index (Phi) is 11.3. The van der Waals surface area contributed by atoms with Crippen LogP contribution in [0.25, 0.3) is 0 Å². The SMILES string of the molecule is O=C(O)C(F)(F)F.O=C(O)C(F)(F)F.c1cnc2c(c1)CN(C1CCOCC1)CCN2CCn1cccn1. The monoisotopic (exact) mass is 555 g/mol. The number of anilines is 1. The van der Waals surface area contributed by atoms with Crippen LogP contribution < -0.4 is 4.90 Å². The smallest absolute Gasteiger partial charge is 0.475 e. The molecule has 16 heteroatoms. The summed E-state index contributed by atoms with van der Waals surface area (Å²) in [5.74, 6) is -4.38. The van der Waals surface area contributed by atoms with E-state index in [1.807, 2.05) is 29.3 Å². The Hall–Kier alpha value is -3.40. The molecule has 212 valence electrons. The van der Waals surface area contributed by atoms with Gasteiger partial charge in [-0.15, -0.1) is 0 Å². The topological polar surface area (TPSA) is 121 Å². The van der Waals surface area contributed by atoms with Gasteiger partial charge < -0.3 is 19.8 Å². The number of fused-ring (bicyclic) bond motifs is 1. The summed E-state index contributed by atoms with van der Waals surface area (Å²) in [6.07, 6.45) is -2.12. The molecular formula is C22H27F6N5O5. The van der Waals surface area contributed by atoms with Gasteiger partial charge in [-0.05, 0) is 25.0 Å². The number of rotatable bonds is 4. The fraction of sp³-hybridized carbons (Fsp3) is 0.545. The van der Waals surface area contributed by atoms with Gasteiger partial charge in [0.25, 0.3) is 0 Å². The lowest BCUT2D eigenvalue weighted by Gasteiger charge is -2.33. The van der Waals surface area contributed by atoms with Gasteiger partial charge >= 0.3 is 24.3 Å². The van der Waals surface area contributed by atoms with Crippen LogP contribution >= 0.6 is 0 Å². The van der Waals surface area contributed by atoms with Gasteiger partial charge in [0.15, 0.2) is 0 Å². The Morgan fingerprint density at radius 3 is 2.08 bits per heavy atom. The maximum absolute atomic E-state index is 10.6. The molecule has 2 N–H and O–H groups in total. The van der Waals surface area contributed by atoms with Gasteiger partial charge in [-0.2, -0.15) is 31.4 Å². The van der Waals surface area contributed by atoms with Crippen molar-refractivity contribution in [2.75, 3.05) is 37.7 Å². The third-order valence-corrected chi connectivity index (χ3v) is 5.55. The van der Waals surface area contributed by atoms with E-state index in [2.05, 4.69) is 32.0 Å². The Morgan fingerprint density at radius 1 is 0.947 bits per heavy atom. The molecule has 2 aromatic heterocycles. The molecule has 10 nitrogen and oxygen atoms in total. The number of carbonyl (C=O) groups is 2. The molecule has 0 bridgehead atoms. The van der Waals surface area contributed by atoms with E-state index >= 15 is 0 Å². The Balaban J connectivity index is 0.000000301. The number of aromatic nitrogens is 3. The third-order valence-electron chi connectivity index (χ3n) is 5.55. The summed E-state index contributed by atoms with van der Waals surface area (Å²) in [4.78, 5) is 27.5. The van der Waals surface area contributed by atoms with Crippen LogP contribution in [0.1, 0.15) is 18.4 Å². The second-order valence-electron chi connectivity index (χ2n) is 8.16. The van der Waals surface area contributed by atoms with Crippen LogP contribution in [0.5, 0.6) is 0 Å². The molecule has 0 aromatic carbocycles. The molecule has 4 rings (SSSR count). The molecule has 2 aromatic rings. The number of alkyl halides is 6. The normalized spacial score (nSPS) is 16.7. The fourth-order valence-electron chi connectivity index (χ4n) is 3.73. The standard InChI is InChI=1S/C18H25N5O.2C2HF3O2/c1-3-16-15-22(17-4-13-24-14-5-17)10-9-21(18(16)19-6-1)11-12-23-8-2-7-20-23;2*3-2(4,5)1(6)7/h1-3,6-8,17H,4-5,9-15H2;2*(H,6,7). The molecule has 0 saturated carbocycles. The summed E-state index contributed by atoms with van der Waals surface area (Å²) in [5, 5.41) is 18.6. The summed E-state index contributed by atoms with van der Waals surface area (Å²) in [7, 11) is 0. The Morgan fingerprint density at radius 2 is 1.55 bits per heavy atom. The van der Waals surface area contributed by atoms with E-state index in [-0.39, 0.29) is 0 Å². The quantitative estimate of drug-likeness (QED) is 0.549. The average molecular weight is 555 g/mol. The van der Waals surface area contributed by atoms with Crippen LogP contribution in [0.15, 0.2) is 36.8 Å². The molecule has 2 aliphatic rings. The summed E-state index contributed by atoms with van der Waals surface area (Å²) in [6.45, 7) is 6.70. The number of hydrogen-bond donors (Lipinski definition) is 2. The number of aliphatic carboxylic acids is 2. The predicted octanol–water partition coefficient (Wildman–Crippen LogP) is 3.05. The predicted molar refractivity (Wildman–Crippen MR) is 120 cm³/mol. The van der Waals surface area contributed by atoms with Crippen molar-refractivity contribution in [1.82, 2.24) is 19.7 Å². The van der Waals surface area contributed by atoms with Crippen LogP contribution in [0, 0.1) is 0 Å². The molecule has 2 aliphatic heterocycles. The van der Waals surface area contributed by atoms with E-state index in [1.54, 1.807) is 0 Å². The average Bonchev–Trinajstić information content (AvgIpc) is 3.30. The van der Waals surface area contributed by atoms with Crippen LogP contribution in [-0.2, 0) is 27.4 Å². The first-order valence-corrected chi connectivity index (χ1v) is 11.4. The minimum Gasteiger partial charge on any atom is -0.475 e. The maximum Gasteiger partial charge on any atom is 0.490 e. The molecule has 0 atom stereocenters.